The number of hydrogen-bond donors (Lipinski definition) is 1. The van der Waals surface area contributed by atoms with Gasteiger partial charge in [0.2, 0.25) is 5.91 Å². The van der Waals surface area contributed by atoms with Crippen molar-refractivity contribution in [3.63, 3.8) is 0 Å². The van der Waals surface area contributed by atoms with Gasteiger partial charge in [-0.2, -0.15) is 18.2 Å². The first kappa shape index (κ1) is 20.8. The Morgan fingerprint density at radius 2 is 1.84 bits per heavy atom. The summed E-state index contributed by atoms with van der Waals surface area (Å²) in [6, 6.07) is 7.75. The highest BCUT2D eigenvalue weighted by Gasteiger charge is 2.37. The first-order valence-electron chi connectivity index (χ1n) is 9.63. The van der Waals surface area contributed by atoms with Crippen LogP contribution in [-0.2, 0) is 23.9 Å². The van der Waals surface area contributed by atoms with E-state index in [4.69, 9.17) is 0 Å². The van der Waals surface area contributed by atoms with E-state index >= 15 is 0 Å². The van der Waals surface area contributed by atoms with Gasteiger partial charge in [-0.3, -0.25) is 4.79 Å². The number of rotatable bonds is 5. The third-order valence-electron chi connectivity index (χ3n) is 5.14. The summed E-state index contributed by atoms with van der Waals surface area (Å²) in [7, 11) is 0. The smallest absolute Gasteiger partial charge is 0.354 e. The van der Waals surface area contributed by atoms with E-state index in [-0.39, 0.29) is 18.1 Å². The molecule has 8 nitrogen and oxygen atoms in total. The zero-order valence-corrected chi connectivity index (χ0v) is 17.2. The van der Waals surface area contributed by atoms with Crippen molar-refractivity contribution in [1.82, 2.24) is 34.4 Å². The van der Waals surface area contributed by atoms with Crippen LogP contribution in [0, 0.1) is 20.8 Å². The summed E-state index contributed by atoms with van der Waals surface area (Å²) >= 11 is 0. The van der Waals surface area contributed by atoms with E-state index in [1.165, 1.54) is 0 Å². The van der Waals surface area contributed by atoms with Crippen LogP contribution in [-0.4, -0.2) is 41.6 Å². The molecule has 1 aromatic carbocycles. The third-order valence-corrected chi connectivity index (χ3v) is 5.14. The second-order valence-corrected chi connectivity index (χ2v) is 7.23. The van der Waals surface area contributed by atoms with Crippen LogP contribution < -0.4 is 5.32 Å². The third kappa shape index (κ3) is 3.94. The zero-order chi connectivity index (χ0) is 22.3. The highest BCUT2D eigenvalue weighted by molar-refractivity contribution is 5.79. The van der Waals surface area contributed by atoms with Crippen molar-refractivity contribution >= 4 is 22.7 Å². The molecule has 1 amide bonds. The molecule has 162 valence electrons. The van der Waals surface area contributed by atoms with Gasteiger partial charge < -0.3 is 9.88 Å². The molecule has 1 N–H and O–H groups in total. The molecule has 0 fully saturated rings. The number of halogens is 3. The molecule has 4 aromatic rings. The maximum atomic E-state index is 12.9. The molecule has 0 spiro atoms. The van der Waals surface area contributed by atoms with Gasteiger partial charge in [0.1, 0.15) is 5.82 Å². The molecule has 0 bridgehead atoms. The lowest BCUT2D eigenvalue weighted by atomic mass is 10.1. The van der Waals surface area contributed by atoms with Gasteiger partial charge in [-0.1, -0.05) is 12.1 Å². The van der Waals surface area contributed by atoms with Gasteiger partial charge in [-0.25, -0.2) is 14.5 Å². The van der Waals surface area contributed by atoms with Crippen LogP contribution in [0.5, 0.6) is 0 Å². The van der Waals surface area contributed by atoms with Crippen LogP contribution in [0.25, 0.3) is 16.8 Å². The summed E-state index contributed by atoms with van der Waals surface area (Å²) in [4.78, 5) is 24.5. The number of aryl methyl sites for hydroxylation is 3. The van der Waals surface area contributed by atoms with E-state index in [2.05, 4.69) is 25.4 Å². The van der Waals surface area contributed by atoms with Crippen molar-refractivity contribution in [2.75, 3.05) is 6.54 Å². The lowest BCUT2D eigenvalue weighted by Gasteiger charge is -2.12. The molecule has 0 aliphatic rings. The first-order valence-corrected chi connectivity index (χ1v) is 9.63. The van der Waals surface area contributed by atoms with Gasteiger partial charge in [0.25, 0.3) is 11.6 Å². The Balaban J connectivity index is 1.47. The fourth-order valence-corrected chi connectivity index (χ4v) is 3.59. The minimum absolute atomic E-state index is 0.0223. The van der Waals surface area contributed by atoms with E-state index in [1.807, 2.05) is 35.8 Å². The monoisotopic (exact) mass is 431 g/mol. The predicted octanol–water partition coefficient (Wildman–Crippen LogP) is 2.78. The minimum Gasteiger partial charge on any atom is -0.354 e. The SMILES string of the molecule is Cc1nc2nc(C(F)(F)F)nn2c(C)c1CC(=O)NCCn1c(C)nc2ccccc21. The van der Waals surface area contributed by atoms with E-state index in [0.29, 0.717) is 30.0 Å². The summed E-state index contributed by atoms with van der Waals surface area (Å²) in [6.07, 6.45) is -4.69. The average Bonchev–Trinajstić information content (AvgIpc) is 3.26. The second kappa shape index (κ2) is 7.64. The van der Waals surface area contributed by atoms with Crippen molar-refractivity contribution in [2.24, 2.45) is 0 Å². The molecule has 31 heavy (non-hydrogen) atoms. The highest BCUT2D eigenvalue weighted by Crippen LogP contribution is 2.27. The number of fused-ring (bicyclic) bond motifs is 2. The number of amides is 1. The summed E-state index contributed by atoms with van der Waals surface area (Å²) < 4.78 is 41.8. The number of carbonyl (C=O) groups excluding carboxylic acids is 1. The quantitative estimate of drug-likeness (QED) is 0.525. The zero-order valence-electron chi connectivity index (χ0n) is 17.2. The maximum absolute atomic E-state index is 12.9. The Bertz CT molecular complexity index is 1290. The summed E-state index contributed by atoms with van der Waals surface area (Å²) in [5.74, 6) is -0.810. The molecule has 3 heterocycles. The predicted molar refractivity (Wildman–Crippen MR) is 106 cm³/mol. The number of nitrogens with zero attached hydrogens (tertiary/aromatic N) is 6. The number of carbonyl (C=O) groups is 1. The van der Waals surface area contributed by atoms with Crippen LogP contribution in [0.4, 0.5) is 13.2 Å². The second-order valence-electron chi connectivity index (χ2n) is 7.23. The lowest BCUT2D eigenvalue weighted by Crippen LogP contribution is -2.29. The fraction of sp³-hybridized carbons (Fsp3) is 0.350. The van der Waals surface area contributed by atoms with Gasteiger partial charge in [0.15, 0.2) is 0 Å². The topological polar surface area (TPSA) is 90.0 Å². The van der Waals surface area contributed by atoms with Gasteiger partial charge in [-0.05, 0) is 32.9 Å². The Kier molecular flexibility index (Phi) is 5.11. The average molecular weight is 431 g/mol. The lowest BCUT2D eigenvalue weighted by molar-refractivity contribution is -0.144. The van der Waals surface area contributed by atoms with Crippen LogP contribution in [0.1, 0.15) is 28.6 Å². The van der Waals surface area contributed by atoms with Crippen molar-refractivity contribution < 1.29 is 18.0 Å². The number of imidazole rings is 1. The normalized spacial score (nSPS) is 12.1. The summed E-state index contributed by atoms with van der Waals surface area (Å²) in [5.41, 5.74) is 3.24. The first-order chi connectivity index (χ1) is 14.6. The number of alkyl halides is 3. The largest absolute Gasteiger partial charge is 0.453 e. The van der Waals surface area contributed by atoms with Crippen molar-refractivity contribution in [3.8, 4) is 0 Å². The Hall–Kier alpha value is -3.50. The molecule has 11 heteroatoms. The molecule has 4 rings (SSSR count). The molecule has 3 aromatic heterocycles. The molecule has 0 saturated carbocycles. The van der Waals surface area contributed by atoms with Crippen molar-refractivity contribution in [3.05, 3.63) is 52.9 Å². The number of nitrogens with one attached hydrogen (secondary N) is 1. The van der Waals surface area contributed by atoms with E-state index < -0.39 is 12.0 Å². The van der Waals surface area contributed by atoms with Gasteiger partial charge >= 0.3 is 6.18 Å². The van der Waals surface area contributed by atoms with Gasteiger partial charge in [-0.15, -0.1) is 5.10 Å². The number of aromatic nitrogens is 6. The van der Waals surface area contributed by atoms with E-state index in [1.54, 1.807) is 13.8 Å². The molecular weight excluding hydrogens is 411 g/mol. The number of benzene rings is 1. The van der Waals surface area contributed by atoms with E-state index in [0.717, 1.165) is 21.4 Å². The highest BCUT2D eigenvalue weighted by atomic mass is 19.4. The van der Waals surface area contributed by atoms with Crippen molar-refractivity contribution in [1.29, 1.82) is 0 Å². The molecular formula is C20H20F3N7O. The van der Waals surface area contributed by atoms with Crippen LogP contribution in [0.2, 0.25) is 0 Å². The molecule has 0 atom stereocenters. The van der Waals surface area contributed by atoms with Crippen LogP contribution in [0.3, 0.4) is 0 Å². The Morgan fingerprint density at radius 3 is 2.58 bits per heavy atom. The summed E-state index contributed by atoms with van der Waals surface area (Å²) in [6.45, 7) is 6.07. The number of hydrogen-bond acceptors (Lipinski definition) is 5. The van der Waals surface area contributed by atoms with Crippen LogP contribution >= 0.6 is 0 Å². The minimum atomic E-state index is -4.67. The molecule has 0 aliphatic heterocycles. The van der Waals surface area contributed by atoms with Crippen molar-refractivity contribution in [2.45, 2.75) is 39.9 Å². The van der Waals surface area contributed by atoms with Gasteiger partial charge in [0, 0.05) is 30.0 Å². The van der Waals surface area contributed by atoms with Crippen LogP contribution in [0.15, 0.2) is 24.3 Å². The van der Waals surface area contributed by atoms with E-state index in [9.17, 15) is 18.0 Å². The molecule has 0 unspecified atom stereocenters. The molecule has 0 aliphatic carbocycles. The maximum Gasteiger partial charge on any atom is 0.453 e. The standard InChI is InChI=1S/C20H20F3N7O/c1-11-14(12(2)30-19(25-11)27-18(28-30)20(21,22)23)10-17(31)24-8-9-29-13(3)26-15-6-4-5-7-16(15)29/h4-7H,8-10H2,1-3H3,(H,24,31). The molecule has 0 radical (unpaired) electrons. The van der Waals surface area contributed by atoms with Gasteiger partial charge in [0.05, 0.1) is 17.5 Å². The Labute approximate surface area is 175 Å². The number of para-hydroxylation sites is 2. The Morgan fingerprint density at radius 1 is 1.10 bits per heavy atom. The molecule has 0 saturated heterocycles. The summed E-state index contributed by atoms with van der Waals surface area (Å²) in [5, 5.41) is 6.36. The fourth-order valence-electron chi connectivity index (χ4n) is 3.59.